The number of carbonyl (C=O) groups excluding carboxylic acids is 3. The summed E-state index contributed by atoms with van der Waals surface area (Å²) in [6, 6.07) is 6.50. The maximum atomic E-state index is 12.6. The molecule has 0 saturated carbocycles. The minimum atomic E-state index is -0.416. The van der Waals surface area contributed by atoms with Gasteiger partial charge in [0, 0.05) is 44.8 Å². The molecule has 0 aromatic heterocycles. The molecule has 2 aliphatic heterocycles. The van der Waals surface area contributed by atoms with Crippen molar-refractivity contribution >= 4 is 17.8 Å². The number of likely N-dealkylation sites (tertiary alicyclic amines) is 1. The molecule has 0 N–H and O–H groups in total. The molecule has 1 aromatic rings. The molecule has 3 rings (SSSR count). The molecule has 7 heteroatoms. The number of ether oxygens (including phenoxy) is 1. The Morgan fingerprint density at radius 3 is 2.00 bits per heavy atom. The molecule has 2 fully saturated rings. The molecule has 7 nitrogen and oxygen atoms in total. The van der Waals surface area contributed by atoms with Crippen molar-refractivity contribution < 1.29 is 19.1 Å². The fraction of sp³-hybridized carbons (Fsp3) is 0.526. The molecule has 0 unspecified atom stereocenters. The fourth-order valence-electron chi connectivity index (χ4n) is 3.42. The van der Waals surface area contributed by atoms with Crippen LogP contribution >= 0.6 is 0 Å². The summed E-state index contributed by atoms with van der Waals surface area (Å²) in [5.74, 6) is -0.270. The predicted molar refractivity (Wildman–Crippen MR) is 95.9 cm³/mol. The normalized spacial score (nSPS) is 18.0. The lowest BCUT2D eigenvalue weighted by atomic mass is 10.1. The van der Waals surface area contributed by atoms with Crippen LogP contribution in [-0.4, -0.2) is 85.4 Å². The second kappa shape index (κ2) is 8.31. The maximum Gasteiger partial charge on any atom is 0.337 e. The summed E-state index contributed by atoms with van der Waals surface area (Å²) in [7, 11) is 1.33. The first kappa shape index (κ1) is 18.4. The van der Waals surface area contributed by atoms with E-state index < -0.39 is 5.97 Å². The van der Waals surface area contributed by atoms with E-state index in [1.165, 1.54) is 7.11 Å². The molecule has 0 aliphatic carbocycles. The molecular formula is C19H25N3O4. The lowest BCUT2D eigenvalue weighted by molar-refractivity contribution is -0.131. The van der Waals surface area contributed by atoms with Crippen molar-refractivity contribution in [2.75, 3.05) is 52.9 Å². The van der Waals surface area contributed by atoms with E-state index in [-0.39, 0.29) is 11.8 Å². The van der Waals surface area contributed by atoms with Crippen LogP contribution in [-0.2, 0) is 9.53 Å². The molecule has 2 heterocycles. The van der Waals surface area contributed by atoms with Crippen LogP contribution in [0.1, 0.15) is 33.6 Å². The Hall–Kier alpha value is -2.41. The van der Waals surface area contributed by atoms with Crippen LogP contribution < -0.4 is 0 Å². The zero-order chi connectivity index (χ0) is 18.5. The van der Waals surface area contributed by atoms with E-state index in [1.807, 2.05) is 4.90 Å². The van der Waals surface area contributed by atoms with Gasteiger partial charge in [-0.25, -0.2) is 4.79 Å². The van der Waals surface area contributed by atoms with Crippen molar-refractivity contribution in [3.05, 3.63) is 35.4 Å². The quantitative estimate of drug-likeness (QED) is 0.746. The van der Waals surface area contributed by atoms with Crippen molar-refractivity contribution in [1.82, 2.24) is 14.7 Å². The van der Waals surface area contributed by atoms with Gasteiger partial charge in [0.15, 0.2) is 0 Å². The highest BCUT2D eigenvalue weighted by molar-refractivity contribution is 5.96. The Morgan fingerprint density at radius 1 is 0.846 bits per heavy atom. The Morgan fingerprint density at radius 2 is 1.42 bits per heavy atom. The Balaban J connectivity index is 1.50. The van der Waals surface area contributed by atoms with E-state index in [4.69, 9.17) is 0 Å². The highest BCUT2D eigenvalue weighted by atomic mass is 16.5. The third kappa shape index (κ3) is 4.22. The van der Waals surface area contributed by atoms with Crippen molar-refractivity contribution in [1.29, 1.82) is 0 Å². The minimum absolute atomic E-state index is 0.0491. The number of piperazine rings is 1. The molecule has 140 valence electrons. The van der Waals surface area contributed by atoms with E-state index >= 15 is 0 Å². The second-order valence-electron chi connectivity index (χ2n) is 6.73. The number of amides is 2. The number of esters is 1. The van der Waals surface area contributed by atoms with Gasteiger partial charge in [0.25, 0.3) is 5.91 Å². The summed E-state index contributed by atoms with van der Waals surface area (Å²) >= 11 is 0. The van der Waals surface area contributed by atoms with Gasteiger partial charge >= 0.3 is 5.97 Å². The summed E-state index contributed by atoms with van der Waals surface area (Å²) < 4.78 is 4.66. The van der Waals surface area contributed by atoms with Gasteiger partial charge in [0.05, 0.1) is 19.2 Å². The maximum absolute atomic E-state index is 12.6. The van der Waals surface area contributed by atoms with Crippen LogP contribution in [0.3, 0.4) is 0 Å². The molecule has 0 spiro atoms. The number of carbonyl (C=O) groups is 3. The number of methoxy groups -OCH3 is 1. The van der Waals surface area contributed by atoms with Crippen molar-refractivity contribution in [2.24, 2.45) is 0 Å². The van der Waals surface area contributed by atoms with Crippen LogP contribution in [0.4, 0.5) is 0 Å². The van der Waals surface area contributed by atoms with Gasteiger partial charge < -0.3 is 14.5 Å². The number of hydrogen-bond acceptors (Lipinski definition) is 5. The number of hydrogen-bond donors (Lipinski definition) is 0. The van der Waals surface area contributed by atoms with Crippen molar-refractivity contribution in [2.45, 2.75) is 12.8 Å². The Bertz CT molecular complexity index is 660. The van der Waals surface area contributed by atoms with Gasteiger partial charge in [0.2, 0.25) is 5.91 Å². The van der Waals surface area contributed by atoms with Gasteiger partial charge in [0.1, 0.15) is 0 Å². The zero-order valence-corrected chi connectivity index (χ0v) is 15.1. The summed E-state index contributed by atoms with van der Waals surface area (Å²) in [5.41, 5.74) is 0.980. The molecular weight excluding hydrogens is 334 g/mol. The topological polar surface area (TPSA) is 70.2 Å². The van der Waals surface area contributed by atoms with Crippen LogP contribution in [0.2, 0.25) is 0 Å². The van der Waals surface area contributed by atoms with Crippen LogP contribution in [0, 0.1) is 0 Å². The summed E-state index contributed by atoms with van der Waals surface area (Å²) in [6.45, 7) is 4.79. The first-order chi connectivity index (χ1) is 12.6. The van der Waals surface area contributed by atoms with Crippen molar-refractivity contribution in [3.63, 3.8) is 0 Å². The molecule has 2 amide bonds. The lowest BCUT2D eigenvalue weighted by Crippen LogP contribution is -2.51. The smallest absolute Gasteiger partial charge is 0.337 e. The van der Waals surface area contributed by atoms with Gasteiger partial charge in [-0.2, -0.15) is 0 Å². The van der Waals surface area contributed by atoms with Crippen molar-refractivity contribution in [3.8, 4) is 0 Å². The predicted octanol–water partition coefficient (Wildman–Crippen LogP) is 0.853. The second-order valence-corrected chi connectivity index (χ2v) is 6.73. The third-order valence-electron chi connectivity index (χ3n) is 5.03. The highest BCUT2D eigenvalue weighted by Gasteiger charge is 2.25. The van der Waals surface area contributed by atoms with Gasteiger partial charge in [-0.15, -0.1) is 0 Å². The molecule has 2 saturated heterocycles. The minimum Gasteiger partial charge on any atom is -0.465 e. The summed E-state index contributed by atoms with van der Waals surface area (Å²) in [4.78, 5) is 42.1. The number of rotatable bonds is 4. The molecule has 1 aromatic carbocycles. The van der Waals surface area contributed by atoms with Crippen LogP contribution in [0.5, 0.6) is 0 Å². The van der Waals surface area contributed by atoms with Gasteiger partial charge in [-0.1, -0.05) is 0 Å². The average Bonchev–Trinajstić information content (AvgIpc) is 3.22. The van der Waals surface area contributed by atoms with Gasteiger partial charge in [-0.05, 0) is 37.1 Å². The van der Waals surface area contributed by atoms with E-state index in [0.29, 0.717) is 43.9 Å². The van der Waals surface area contributed by atoms with E-state index in [1.54, 1.807) is 29.2 Å². The first-order valence-corrected chi connectivity index (χ1v) is 9.06. The summed E-state index contributed by atoms with van der Waals surface area (Å²) in [5, 5.41) is 0. The zero-order valence-electron chi connectivity index (χ0n) is 15.1. The molecule has 26 heavy (non-hydrogen) atoms. The lowest BCUT2D eigenvalue weighted by Gasteiger charge is -2.35. The highest BCUT2D eigenvalue weighted by Crippen LogP contribution is 2.12. The largest absolute Gasteiger partial charge is 0.465 e. The molecule has 0 atom stereocenters. The SMILES string of the molecule is COC(=O)c1ccc(C(=O)N2CCN(CC(=O)N3CCCC3)CC2)cc1. The van der Waals surface area contributed by atoms with E-state index in [9.17, 15) is 14.4 Å². The summed E-state index contributed by atoms with van der Waals surface area (Å²) in [6.07, 6.45) is 2.20. The molecule has 2 aliphatic rings. The van der Waals surface area contributed by atoms with E-state index in [0.717, 1.165) is 25.9 Å². The van der Waals surface area contributed by atoms with E-state index in [2.05, 4.69) is 9.64 Å². The standard InChI is InChI=1S/C19H25N3O4/c1-26-19(25)16-6-4-15(5-7-16)18(24)22-12-10-20(11-13-22)14-17(23)21-8-2-3-9-21/h4-7H,2-3,8-14H2,1H3. The number of benzene rings is 1. The number of nitrogens with zero attached hydrogens (tertiary/aromatic N) is 3. The Kier molecular flexibility index (Phi) is 5.88. The van der Waals surface area contributed by atoms with Crippen LogP contribution in [0.25, 0.3) is 0 Å². The Labute approximate surface area is 153 Å². The molecule has 0 bridgehead atoms. The third-order valence-corrected chi connectivity index (χ3v) is 5.03. The average molecular weight is 359 g/mol. The molecule has 0 radical (unpaired) electrons. The van der Waals surface area contributed by atoms with Crippen LogP contribution in [0.15, 0.2) is 24.3 Å². The van der Waals surface area contributed by atoms with Gasteiger partial charge in [-0.3, -0.25) is 14.5 Å². The fourth-order valence-corrected chi connectivity index (χ4v) is 3.42. The monoisotopic (exact) mass is 359 g/mol. The first-order valence-electron chi connectivity index (χ1n) is 9.06.